The van der Waals surface area contributed by atoms with Crippen LogP contribution in [-0.2, 0) is 43.3 Å². The Morgan fingerprint density at radius 3 is 0.820 bits per heavy atom. The zero-order chi connectivity index (χ0) is 35.9. The van der Waals surface area contributed by atoms with Crippen LogP contribution in [0.25, 0.3) is 0 Å². The van der Waals surface area contributed by atoms with Gasteiger partial charge in [0.25, 0.3) is 0 Å². The Morgan fingerprint density at radius 2 is 0.640 bits per heavy atom. The first-order chi connectivity index (χ1) is 24.0. The molecule has 0 aliphatic carbocycles. The van der Waals surface area contributed by atoms with Crippen molar-refractivity contribution in [3.8, 4) is 0 Å². The van der Waals surface area contributed by atoms with Gasteiger partial charge in [-0.2, -0.15) is 0 Å². The van der Waals surface area contributed by atoms with Crippen molar-refractivity contribution in [3.05, 3.63) is 0 Å². The second kappa shape index (κ2) is 42.9. The van der Waals surface area contributed by atoms with Crippen LogP contribution in [0.3, 0.4) is 0 Å². The van der Waals surface area contributed by atoms with Gasteiger partial charge in [-0.1, -0.05) is 194 Å². The number of hydrogen-bond acceptors (Lipinski definition) is 7. The smallest absolute Gasteiger partial charge is 0.550 e. The summed E-state index contributed by atoms with van der Waals surface area (Å²) in [5.74, 6) is -1.81. The first kappa shape index (κ1) is 51.5. The second-order valence-electron chi connectivity index (χ2n) is 14.6. The molecular formula is C42H80O7Zn. The van der Waals surface area contributed by atoms with Crippen molar-refractivity contribution in [2.24, 2.45) is 0 Å². The van der Waals surface area contributed by atoms with Crippen LogP contribution in [0.5, 0.6) is 0 Å². The maximum Gasteiger partial charge on any atom is 2.00 e. The van der Waals surface area contributed by atoms with Crippen molar-refractivity contribution in [1.29, 1.82) is 0 Å². The molecular weight excluding hydrogens is 682 g/mol. The molecule has 0 aromatic heterocycles. The quantitative estimate of drug-likeness (QED) is 0.0355. The minimum absolute atomic E-state index is 0. The molecule has 2 aliphatic heterocycles. The molecule has 0 amide bonds. The van der Waals surface area contributed by atoms with Gasteiger partial charge in [-0.25, -0.2) is 0 Å². The van der Waals surface area contributed by atoms with E-state index in [9.17, 15) is 19.8 Å². The molecule has 0 aromatic carbocycles. The fourth-order valence-corrected chi connectivity index (χ4v) is 5.94. The van der Waals surface area contributed by atoms with E-state index in [2.05, 4.69) is 13.8 Å². The molecule has 0 bridgehead atoms. The van der Waals surface area contributed by atoms with Crippen LogP contribution in [0, 0.1) is 0 Å². The Kier molecular flexibility index (Phi) is 44.2. The number of unbranched alkanes of at least 4 members (excludes halogenated alkanes) is 28. The normalized spacial score (nSPS) is 15.6. The zero-order valence-corrected chi connectivity index (χ0v) is 36.1. The Balaban J connectivity index is 0. The molecule has 2 aliphatic rings. The van der Waals surface area contributed by atoms with E-state index in [0.29, 0.717) is 12.2 Å². The first-order valence-corrected chi connectivity index (χ1v) is 21.2. The van der Waals surface area contributed by atoms with Crippen LogP contribution in [0.15, 0.2) is 0 Å². The third-order valence-corrected chi connectivity index (χ3v) is 9.38. The number of carboxylic acid groups (broad SMARTS) is 2. The Morgan fingerprint density at radius 1 is 0.440 bits per heavy atom. The average Bonchev–Trinajstić information content (AvgIpc) is 4.02. The standard InChI is InChI=1S/2C18H36O2.C6H10O3.Zn/c2*1-2-3-4-5-6-7-8-9-10-11-12-13-14-15-16-17-18(19)20;1(5-3-8-5)7-2-6-4-9-6;/h2*2-17H2,1H3,(H,19,20);5-6H,1-4H2;/q;;;+2/p-2. The second-order valence-corrected chi connectivity index (χ2v) is 14.6. The summed E-state index contributed by atoms with van der Waals surface area (Å²) in [4.78, 5) is 20.4. The molecule has 8 heteroatoms. The van der Waals surface area contributed by atoms with Gasteiger partial charge in [-0.3, -0.25) is 0 Å². The zero-order valence-electron chi connectivity index (χ0n) is 33.2. The molecule has 2 atom stereocenters. The maximum absolute atomic E-state index is 10.2. The summed E-state index contributed by atoms with van der Waals surface area (Å²) in [5.41, 5.74) is 0. The van der Waals surface area contributed by atoms with Crippen LogP contribution >= 0.6 is 0 Å². The Labute approximate surface area is 322 Å². The van der Waals surface area contributed by atoms with Crippen LogP contribution in [0.1, 0.15) is 219 Å². The van der Waals surface area contributed by atoms with E-state index in [0.717, 1.165) is 52.1 Å². The minimum atomic E-state index is -0.903. The largest absolute Gasteiger partial charge is 2.00 e. The third kappa shape index (κ3) is 49.6. The molecule has 292 valence electrons. The van der Waals surface area contributed by atoms with Gasteiger partial charge in [0.2, 0.25) is 0 Å². The number of carbonyl (C=O) groups excluding carboxylic acids is 2. The SMILES string of the molecule is C(OCC1CO1)C1CO1.CCCCCCCCCCCCCCCCCC(=O)[O-].CCCCCCCCCCCCCCCCCC(=O)[O-].[Zn+2]. The van der Waals surface area contributed by atoms with E-state index in [1.54, 1.807) is 0 Å². The molecule has 2 fully saturated rings. The first-order valence-electron chi connectivity index (χ1n) is 21.2. The Hall–Kier alpha value is -0.557. The topological polar surface area (TPSA) is 115 Å². The van der Waals surface area contributed by atoms with Crippen molar-refractivity contribution in [2.75, 3.05) is 26.4 Å². The van der Waals surface area contributed by atoms with E-state index in [-0.39, 0.29) is 32.3 Å². The van der Waals surface area contributed by atoms with E-state index < -0.39 is 11.9 Å². The summed E-state index contributed by atoms with van der Waals surface area (Å²) >= 11 is 0. The van der Waals surface area contributed by atoms with Gasteiger partial charge in [-0.05, 0) is 25.7 Å². The summed E-state index contributed by atoms with van der Waals surface area (Å²) < 4.78 is 15.1. The molecule has 2 saturated heterocycles. The van der Waals surface area contributed by atoms with Crippen molar-refractivity contribution >= 4 is 11.9 Å². The number of carboxylic acids is 2. The van der Waals surface area contributed by atoms with Gasteiger partial charge < -0.3 is 34.0 Å². The van der Waals surface area contributed by atoms with Crippen molar-refractivity contribution in [2.45, 2.75) is 232 Å². The summed E-state index contributed by atoms with van der Waals surface area (Å²) in [6.45, 7) is 7.80. The molecule has 0 aromatic rings. The number of epoxide rings is 2. The molecule has 7 nitrogen and oxygen atoms in total. The van der Waals surface area contributed by atoms with Gasteiger partial charge in [0.15, 0.2) is 0 Å². The number of hydrogen-bond donors (Lipinski definition) is 0. The fraction of sp³-hybridized carbons (Fsp3) is 0.952. The van der Waals surface area contributed by atoms with Crippen molar-refractivity contribution in [1.82, 2.24) is 0 Å². The number of ether oxygens (including phenoxy) is 3. The average molecular weight is 762 g/mol. The third-order valence-electron chi connectivity index (χ3n) is 9.38. The number of rotatable bonds is 36. The molecule has 50 heavy (non-hydrogen) atoms. The van der Waals surface area contributed by atoms with Gasteiger partial charge in [0, 0.05) is 11.9 Å². The van der Waals surface area contributed by atoms with E-state index in [1.165, 1.54) is 167 Å². The number of aliphatic carboxylic acids is 2. The van der Waals surface area contributed by atoms with Gasteiger partial charge in [0.05, 0.1) is 26.4 Å². The van der Waals surface area contributed by atoms with Crippen molar-refractivity contribution < 1.29 is 53.5 Å². The summed E-state index contributed by atoms with van der Waals surface area (Å²) in [7, 11) is 0. The van der Waals surface area contributed by atoms with Crippen LogP contribution in [0.2, 0.25) is 0 Å². The Bertz CT molecular complexity index is 629. The van der Waals surface area contributed by atoms with Crippen LogP contribution in [0.4, 0.5) is 0 Å². The minimum Gasteiger partial charge on any atom is -0.550 e. The van der Waals surface area contributed by atoms with E-state index in [4.69, 9.17) is 14.2 Å². The molecule has 0 radical (unpaired) electrons. The molecule has 0 saturated carbocycles. The summed E-state index contributed by atoms with van der Waals surface area (Å²) in [6, 6.07) is 0. The van der Waals surface area contributed by atoms with Gasteiger partial charge in [-0.15, -0.1) is 0 Å². The molecule has 2 rings (SSSR count). The summed E-state index contributed by atoms with van der Waals surface area (Å²) in [6.07, 6.45) is 40.5. The van der Waals surface area contributed by atoms with E-state index >= 15 is 0 Å². The molecule has 0 spiro atoms. The van der Waals surface area contributed by atoms with Crippen LogP contribution < -0.4 is 10.2 Å². The molecule has 0 N–H and O–H groups in total. The van der Waals surface area contributed by atoms with Crippen LogP contribution in [-0.4, -0.2) is 50.6 Å². The monoisotopic (exact) mass is 761 g/mol. The van der Waals surface area contributed by atoms with Crippen molar-refractivity contribution in [3.63, 3.8) is 0 Å². The van der Waals surface area contributed by atoms with E-state index in [1.807, 2.05) is 0 Å². The number of carbonyl (C=O) groups is 2. The molecule has 2 unspecified atom stereocenters. The predicted octanol–water partition coefficient (Wildman–Crippen LogP) is 9.79. The maximum atomic E-state index is 10.2. The van der Waals surface area contributed by atoms with Gasteiger partial charge >= 0.3 is 19.5 Å². The summed E-state index contributed by atoms with van der Waals surface area (Å²) in [5, 5.41) is 20.4. The predicted molar refractivity (Wildman–Crippen MR) is 199 cm³/mol. The molecule has 2 heterocycles. The fourth-order valence-electron chi connectivity index (χ4n) is 5.94. The van der Waals surface area contributed by atoms with Gasteiger partial charge in [0.1, 0.15) is 12.2 Å².